The Bertz CT molecular complexity index is 710. The van der Waals surface area contributed by atoms with Crippen molar-refractivity contribution < 1.29 is 0 Å². The quantitative estimate of drug-likeness (QED) is 0.482. The Morgan fingerprint density at radius 3 is 2.73 bits per heavy atom. The van der Waals surface area contributed by atoms with Crippen molar-refractivity contribution in [2.75, 3.05) is 5.32 Å². The molecule has 0 aromatic heterocycles. The summed E-state index contributed by atoms with van der Waals surface area (Å²) in [7, 11) is 0. The molecule has 2 aromatic rings. The molecule has 0 bridgehead atoms. The number of nitrogens with zero attached hydrogens (tertiary/aromatic N) is 1. The molecule has 1 heterocycles. The van der Waals surface area contributed by atoms with Gasteiger partial charge in [-0.05, 0) is 0 Å². The van der Waals surface area contributed by atoms with Crippen LogP contribution in [0.4, 0.5) is 5.69 Å². The Morgan fingerprint density at radius 2 is 1.91 bits per heavy atom. The standard InChI is InChI=1S/C17H17N3SSe/c1-12-6-8-13(9-7-12)18-17(21)20-19-15-10-11-22-16-5-3-2-4-14(15)16/h2-9H,10-11H2,1H3,(H2,18,20,21)/b19-15+. The Morgan fingerprint density at radius 1 is 1.14 bits per heavy atom. The first-order chi connectivity index (χ1) is 10.7. The predicted molar refractivity (Wildman–Crippen MR) is 98.3 cm³/mol. The second-order valence-corrected chi connectivity index (χ2v) is 7.88. The predicted octanol–water partition coefficient (Wildman–Crippen LogP) is 2.84. The molecule has 0 radical (unpaired) electrons. The fraction of sp³-hybridized carbons (Fsp3) is 0.176. The van der Waals surface area contributed by atoms with E-state index < -0.39 is 0 Å². The van der Waals surface area contributed by atoms with Crippen molar-refractivity contribution in [1.29, 1.82) is 0 Å². The average Bonchev–Trinajstić information content (AvgIpc) is 2.55. The molecule has 1 aliphatic rings. The van der Waals surface area contributed by atoms with Crippen molar-refractivity contribution in [3.63, 3.8) is 0 Å². The van der Waals surface area contributed by atoms with Gasteiger partial charge in [0, 0.05) is 0 Å². The van der Waals surface area contributed by atoms with E-state index in [1.165, 1.54) is 20.9 Å². The molecule has 0 amide bonds. The zero-order valence-corrected chi connectivity index (χ0v) is 14.8. The van der Waals surface area contributed by atoms with E-state index in [1.54, 1.807) is 0 Å². The second kappa shape index (κ2) is 7.05. The summed E-state index contributed by atoms with van der Waals surface area (Å²) in [5.41, 5.74) is 7.52. The van der Waals surface area contributed by atoms with Crippen LogP contribution in [0.25, 0.3) is 0 Å². The Labute approximate surface area is 142 Å². The van der Waals surface area contributed by atoms with Crippen molar-refractivity contribution in [3.8, 4) is 0 Å². The van der Waals surface area contributed by atoms with Crippen LogP contribution in [0.3, 0.4) is 0 Å². The normalized spacial score (nSPS) is 15.2. The topological polar surface area (TPSA) is 36.4 Å². The summed E-state index contributed by atoms with van der Waals surface area (Å²) >= 11 is 5.88. The van der Waals surface area contributed by atoms with Crippen LogP contribution in [-0.2, 0) is 0 Å². The Balaban J connectivity index is 1.67. The molecule has 2 aromatic carbocycles. The molecule has 2 N–H and O–H groups in total. The molecule has 112 valence electrons. The van der Waals surface area contributed by atoms with Crippen LogP contribution in [0.1, 0.15) is 17.5 Å². The van der Waals surface area contributed by atoms with Crippen LogP contribution in [0, 0.1) is 6.92 Å². The van der Waals surface area contributed by atoms with Crippen LogP contribution < -0.4 is 15.2 Å². The van der Waals surface area contributed by atoms with Crippen LogP contribution in [-0.4, -0.2) is 25.8 Å². The van der Waals surface area contributed by atoms with Gasteiger partial charge in [-0.2, -0.15) is 0 Å². The van der Waals surface area contributed by atoms with E-state index in [0.29, 0.717) is 20.1 Å². The van der Waals surface area contributed by atoms with Gasteiger partial charge in [-0.15, -0.1) is 0 Å². The van der Waals surface area contributed by atoms with Crippen LogP contribution in [0.5, 0.6) is 0 Å². The fourth-order valence-corrected chi connectivity index (χ4v) is 4.58. The number of thiocarbonyl (C=S) groups is 1. The number of benzene rings is 2. The molecule has 1 aliphatic heterocycles. The van der Waals surface area contributed by atoms with Gasteiger partial charge in [0.2, 0.25) is 0 Å². The molecular formula is C17H17N3SSe. The SMILES string of the molecule is Cc1ccc(NC(=S)N/N=C2\CC[Se]c3ccccc32)cc1. The molecule has 0 saturated heterocycles. The number of anilines is 1. The number of hydrogen-bond acceptors (Lipinski definition) is 2. The van der Waals surface area contributed by atoms with E-state index in [2.05, 4.69) is 59.2 Å². The number of nitrogens with one attached hydrogen (secondary N) is 2. The summed E-state index contributed by atoms with van der Waals surface area (Å²) in [5.74, 6) is 0. The van der Waals surface area contributed by atoms with Crippen molar-refractivity contribution in [3.05, 3.63) is 59.7 Å². The van der Waals surface area contributed by atoms with Gasteiger partial charge in [-0.3, -0.25) is 0 Å². The number of fused-ring (bicyclic) bond motifs is 1. The van der Waals surface area contributed by atoms with Crippen molar-refractivity contribution in [2.24, 2.45) is 5.10 Å². The molecule has 0 saturated carbocycles. The summed E-state index contributed by atoms with van der Waals surface area (Å²) in [6, 6.07) is 16.6. The van der Waals surface area contributed by atoms with E-state index in [1.807, 2.05) is 12.1 Å². The second-order valence-electron chi connectivity index (χ2n) is 5.09. The summed E-state index contributed by atoms with van der Waals surface area (Å²) in [5, 5.41) is 9.38. The monoisotopic (exact) mass is 375 g/mol. The third-order valence-corrected chi connectivity index (χ3v) is 5.85. The molecule has 0 spiro atoms. The maximum absolute atomic E-state index is 5.31. The number of hydrogen-bond donors (Lipinski definition) is 2. The van der Waals surface area contributed by atoms with E-state index in [0.717, 1.165) is 17.8 Å². The summed E-state index contributed by atoms with van der Waals surface area (Å²) in [6.45, 7) is 2.06. The summed E-state index contributed by atoms with van der Waals surface area (Å²) in [6.07, 6.45) is 1.01. The number of aryl methyl sites for hydroxylation is 1. The van der Waals surface area contributed by atoms with Gasteiger partial charge in [0.15, 0.2) is 0 Å². The first kappa shape index (κ1) is 15.2. The minimum atomic E-state index is 0.518. The average molecular weight is 374 g/mol. The molecule has 5 heteroatoms. The Hall–Kier alpha value is -1.68. The van der Waals surface area contributed by atoms with Gasteiger partial charge in [0.1, 0.15) is 0 Å². The molecule has 3 nitrogen and oxygen atoms in total. The van der Waals surface area contributed by atoms with Crippen LogP contribution in [0.2, 0.25) is 5.32 Å². The number of rotatable bonds is 2. The van der Waals surface area contributed by atoms with E-state index in [4.69, 9.17) is 12.2 Å². The third-order valence-electron chi connectivity index (χ3n) is 3.40. The van der Waals surface area contributed by atoms with Crippen molar-refractivity contribution in [2.45, 2.75) is 18.7 Å². The van der Waals surface area contributed by atoms with E-state index in [-0.39, 0.29) is 0 Å². The van der Waals surface area contributed by atoms with Crippen LogP contribution >= 0.6 is 12.2 Å². The minimum absolute atomic E-state index is 0.518. The van der Waals surface area contributed by atoms with E-state index in [9.17, 15) is 0 Å². The van der Waals surface area contributed by atoms with Crippen LogP contribution in [0.15, 0.2) is 53.6 Å². The van der Waals surface area contributed by atoms with Gasteiger partial charge >= 0.3 is 142 Å². The zero-order valence-electron chi connectivity index (χ0n) is 12.3. The van der Waals surface area contributed by atoms with Gasteiger partial charge < -0.3 is 0 Å². The summed E-state index contributed by atoms with van der Waals surface area (Å²) < 4.78 is 1.43. The third kappa shape index (κ3) is 3.74. The first-order valence-electron chi connectivity index (χ1n) is 7.15. The molecule has 0 unspecified atom stereocenters. The van der Waals surface area contributed by atoms with Crippen molar-refractivity contribution in [1.82, 2.24) is 5.43 Å². The zero-order chi connectivity index (χ0) is 15.4. The van der Waals surface area contributed by atoms with Gasteiger partial charge in [0.25, 0.3) is 0 Å². The molecule has 3 rings (SSSR count). The van der Waals surface area contributed by atoms with Gasteiger partial charge in [-0.1, -0.05) is 0 Å². The Kier molecular flexibility index (Phi) is 4.88. The van der Waals surface area contributed by atoms with Crippen molar-refractivity contribution >= 4 is 48.1 Å². The summed E-state index contributed by atoms with van der Waals surface area (Å²) in [4.78, 5) is 0. The number of hydrazone groups is 1. The molecule has 22 heavy (non-hydrogen) atoms. The molecule has 0 atom stereocenters. The first-order valence-corrected chi connectivity index (χ1v) is 9.62. The van der Waals surface area contributed by atoms with E-state index >= 15 is 0 Å². The molecule has 0 aliphatic carbocycles. The maximum atomic E-state index is 5.31. The van der Waals surface area contributed by atoms with Gasteiger partial charge in [-0.25, -0.2) is 0 Å². The molecule has 0 fully saturated rings. The van der Waals surface area contributed by atoms with Gasteiger partial charge in [0.05, 0.1) is 0 Å². The molecular weight excluding hydrogens is 357 g/mol. The fourth-order valence-electron chi connectivity index (χ4n) is 2.25.